The van der Waals surface area contributed by atoms with E-state index in [4.69, 9.17) is 11.6 Å². The minimum atomic E-state index is -4.56. The van der Waals surface area contributed by atoms with Crippen molar-refractivity contribution in [2.24, 2.45) is 0 Å². The average Bonchev–Trinajstić information content (AvgIpc) is 3.09. The van der Waals surface area contributed by atoms with E-state index in [0.717, 1.165) is 44.7 Å². The zero-order valence-electron chi connectivity index (χ0n) is 15.7. The fourth-order valence-corrected chi connectivity index (χ4v) is 4.66. The van der Waals surface area contributed by atoms with Gasteiger partial charge in [-0.1, -0.05) is 0 Å². The molecule has 0 saturated heterocycles. The van der Waals surface area contributed by atoms with E-state index in [1.165, 1.54) is 10.6 Å². The molecule has 0 spiro atoms. The Morgan fingerprint density at radius 3 is 2.17 bits per heavy atom. The Bertz CT molecular complexity index is 1070. The first-order valence-corrected chi connectivity index (χ1v) is 9.98. The van der Waals surface area contributed by atoms with Crippen LogP contribution >= 0.6 is 11.6 Å². The van der Waals surface area contributed by atoms with Gasteiger partial charge in [0, 0.05) is 17.3 Å². The van der Waals surface area contributed by atoms with E-state index in [1.807, 2.05) is 6.07 Å². The molecule has 3 aliphatic rings. The number of nitrogens with zero attached hydrogens (tertiary/aromatic N) is 6. The highest BCUT2D eigenvalue weighted by Gasteiger charge is 2.49. The molecule has 8 nitrogen and oxygen atoms in total. The highest BCUT2D eigenvalue weighted by Crippen LogP contribution is 2.49. The highest BCUT2D eigenvalue weighted by molar-refractivity contribution is 6.28. The molecule has 3 aromatic heterocycles. The molecule has 3 saturated carbocycles. The second kappa shape index (κ2) is 6.66. The molecule has 0 unspecified atom stereocenters. The molecule has 0 aromatic carbocycles. The fraction of sp³-hybridized carbons (Fsp3) is 0.500. The van der Waals surface area contributed by atoms with Gasteiger partial charge in [-0.2, -0.15) is 17.7 Å². The molecule has 2 bridgehead atoms. The molecular weight excluding hydrogens is 421 g/mol. The van der Waals surface area contributed by atoms with Crippen LogP contribution < -0.4 is 10.6 Å². The van der Waals surface area contributed by atoms with Crippen LogP contribution in [0.15, 0.2) is 24.4 Å². The Balaban J connectivity index is 1.30. The summed E-state index contributed by atoms with van der Waals surface area (Å²) < 4.78 is 40.2. The molecule has 158 valence electrons. The maximum Gasteiger partial charge on any atom is 0.451 e. The lowest BCUT2D eigenvalue weighted by Gasteiger charge is -2.54. The van der Waals surface area contributed by atoms with Gasteiger partial charge in [0.1, 0.15) is 11.6 Å². The van der Waals surface area contributed by atoms with Crippen molar-refractivity contribution in [1.29, 1.82) is 0 Å². The van der Waals surface area contributed by atoms with E-state index < -0.39 is 12.0 Å². The monoisotopic (exact) mass is 438 g/mol. The van der Waals surface area contributed by atoms with Crippen molar-refractivity contribution in [2.45, 2.75) is 55.8 Å². The molecule has 3 heterocycles. The number of hydrogen-bond donors (Lipinski definition) is 2. The minimum absolute atomic E-state index is 0.104. The van der Waals surface area contributed by atoms with E-state index in [1.54, 1.807) is 6.07 Å². The molecule has 3 aromatic rings. The molecular formula is C18H18ClF3N8. The van der Waals surface area contributed by atoms with E-state index >= 15 is 0 Å². The number of hydrogen-bond acceptors (Lipinski definition) is 7. The first-order valence-electron chi connectivity index (χ1n) is 9.61. The highest BCUT2D eigenvalue weighted by atomic mass is 35.5. The zero-order chi connectivity index (χ0) is 21.0. The lowest BCUT2D eigenvalue weighted by atomic mass is 9.61. The summed E-state index contributed by atoms with van der Waals surface area (Å²) in [6.07, 6.45) is 1.65. The number of alkyl halides is 3. The number of aromatic nitrogens is 6. The van der Waals surface area contributed by atoms with Gasteiger partial charge in [0.05, 0.1) is 0 Å². The van der Waals surface area contributed by atoms with Crippen LogP contribution in [0.4, 0.5) is 24.8 Å². The zero-order valence-corrected chi connectivity index (χ0v) is 16.5. The standard InChI is InChI=1S/C18H18ClF3N8/c19-15-28-27-13-2-1-12(29-30(13)15)26-17-7-4-16(5-8-17,6-9-17)25-11-3-10-23-14(24-11)18(20,21)22/h1-3,10H,4-9H2,(H,26,29)(H,23,24,25). The quantitative estimate of drug-likeness (QED) is 0.637. The van der Waals surface area contributed by atoms with Crippen LogP contribution in [0.1, 0.15) is 44.3 Å². The predicted octanol–water partition coefficient (Wildman–Crippen LogP) is 3.96. The van der Waals surface area contributed by atoms with Gasteiger partial charge in [-0.05, 0) is 68.3 Å². The minimum Gasteiger partial charge on any atom is -0.365 e. The number of halogens is 4. The molecule has 0 atom stereocenters. The van der Waals surface area contributed by atoms with Gasteiger partial charge in [-0.3, -0.25) is 0 Å². The third-order valence-electron chi connectivity index (χ3n) is 6.17. The maximum atomic E-state index is 12.9. The van der Waals surface area contributed by atoms with Crippen LogP contribution in [-0.4, -0.2) is 40.9 Å². The van der Waals surface area contributed by atoms with Gasteiger partial charge in [-0.25, -0.2) is 9.97 Å². The molecule has 12 heteroatoms. The van der Waals surface area contributed by atoms with Gasteiger partial charge in [0.2, 0.25) is 11.1 Å². The van der Waals surface area contributed by atoms with Crippen LogP contribution in [-0.2, 0) is 6.18 Å². The predicted molar refractivity (Wildman–Crippen MR) is 103 cm³/mol. The second-order valence-electron chi connectivity index (χ2n) is 8.03. The number of rotatable bonds is 4. The van der Waals surface area contributed by atoms with Crippen molar-refractivity contribution >= 4 is 28.9 Å². The van der Waals surface area contributed by atoms with E-state index in [-0.39, 0.29) is 22.2 Å². The molecule has 3 aliphatic carbocycles. The van der Waals surface area contributed by atoms with Crippen LogP contribution in [0.3, 0.4) is 0 Å². The first kappa shape index (κ1) is 19.3. The average molecular weight is 439 g/mol. The molecule has 30 heavy (non-hydrogen) atoms. The Hall–Kier alpha value is -2.69. The SMILES string of the molecule is FC(F)(F)c1nccc(NC23CCC(Nc4ccc5nnc(Cl)n5n4)(CC2)CC3)n1. The molecule has 0 radical (unpaired) electrons. The Labute approximate surface area is 174 Å². The Morgan fingerprint density at radius 1 is 0.900 bits per heavy atom. The topological polar surface area (TPSA) is 92.9 Å². The first-order chi connectivity index (χ1) is 14.3. The summed E-state index contributed by atoms with van der Waals surface area (Å²) in [7, 11) is 0. The summed E-state index contributed by atoms with van der Waals surface area (Å²) in [4.78, 5) is 7.00. The van der Waals surface area contributed by atoms with Crippen molar-refractivity contribution < 1.29 is 13.2 Å². The molecule has 2 N–H and O–H groups in total. The normalized spacial score (nSPS) is 26.1. The van der Waals surface area contributed by atoms with Gasteiger partial charge in [0.15, 0.2) is 5.65 Å². The van der Waals surface area contributed by atoms with Crippen molar-refractivity contribution in [3.05, 3.63) is 35.5 Å². The molecule has 3 fully saturated rings. The van der Waals surface area contributed by atoms with Crippen molar-refractivity contribution in [1.82, 2.24) is 29.8 Å². The lowest BCUT2D eigenvalue weighted by molar-refractivity contribution is -0.144. The number of nitrogens with one attached hydrogen (secondary N) is 2. The van der Waals surface area contributed by atoms with Gasteiger partial charge < -0.3 is 10.6 Å². The summed E-state index contributed by atoms with van der Waals surface area (Å²) in [6.45, 7) is 0. The van der Waals surface area contributed by atoms with E-state index in [2.05, 4.69) is 35.9 Å². The lowest BCUT2D eigenvalue weighted by Crippen LogP contribution is -2.57. The third kappa shape index (κ3) is 3.40. The van der Waals surface area contributed by atoms with Crippen LogP contribution in [0, 0.1) is 0 Å². The van der Waals surface area contributed by atoms with Crippen molar-refractivity contribution in [3.8, 4) is 0 Å². The largest absolute Gasteiger partial charge is 0.451 e. The van der Waals surface area contributed by atoms with Gasteiger partial charge >= 0.3 is 6.18 Å². The third-order valence-corrected chi connectivity index (χ3v) is 6.40. The van der Waals surface area contributed by atoms with Crippen molar-refractivity contribution in [3.63, 3.8) is 0 Å². The van der Waals surface area contributed by atoms with E-state index in [0.29, 0.717) is 11.5 Å². The summed E-state index contributed by atoms with van der Waals surface area (Å²) >= 11 is 6.01. The van der Waals surface area contributed by atoms with Crippen LogP contribution in [0.2, 0.25) is 5.28 Å². The van der Waals surface area contributed by atoms with Gasteiger partial charge in [0.25, 0.3) is 0 Å². The van der Waals surface area contributed by atoms with Crippen molar-refractivity contribution in [2.75, 3.05) is 10.6 Å². The smallest absolute Gasteiger partial charge is 0.365 e. The maximum absolute atomic E-state index is 12.9. The summed E-state index contributed by atoms with van der Waals surface area (Å²) in [6, 6.07) is 5.14. The summed E-state index contributed by atoms with van der Waals surface area (Å²) in [5, 5.41) is 19.2. The molecule has 6 rings (SSSR count). The number of anilines is 2. The summed E-state index contributed by atoms with van der Waals surface area (Å²) in [5.41, 5.74) is 0.213. The summed E-state index contributed by atoms with van der Waals surface area (Å²) in [5.74, 6) is -0.216. The van der Waals surface area contributed by atoms with Crippen LogP contribution in [0.25, 0.3) is 5.65 Å². The Kier molecular flexibility index (Phi) is 4.28. The fourth-order valence-electron chi connectivity index (χ4n) is 4.50. The number of fused-ring (bicyclic) bond motifs is 4. The van der Waals surface area contributed by atoms with E-state index in [9.17, 15) is 13.2 Å². The molecule has 0 aliphatic heterocycles. The second-order valence-corrected chi connectivity index (χ2v) is 8.37. The van der Waals surface area contributed by atoms with Crippen LogP contribution in [0.5, 0.6) is 0 Å². The Morgan fingerprint density at radius 2 is 1.53 bits per heavy atom. The van der Waals surface area contributed by atoms with Gasteiger partial charge in [-0.15, -0.1) is 15.3 Å². The molecule has 0 amide bonds.